The van der Waals surface area contributed by atoms with Gasteiger partial charge in [-0.3, -0.25) is 0 Å². The number of rotatable bonds is 3. The van der Waals surface area contributed by atoms with E-state index in [1.165, 1.54) is 12.1 Å². The summed E-state index contributed by atoms with van der Waals surface area (Å²) in [5.41, 5.74) is 3.71. The largest absolute Gasteiger partial charge is 0.456 e. The molecule has 0 saturated carbocycles. The first-order valence-corrected chi connectivity index (χ1v) is 18.6. The molecule has 0 radical (unpaired) electrons. The maximum absolute atomic E-state index is 16.1. The van der Waals surface area contributed by atoms with Crippen LogP contribution in [0.25, 0.3) is 110 Å². The smallest absolute Gasteiger partial charge is 0.200 e. The monoisotopic (exact) mass is 779 g/mol. The third-order valence-electron chi connectivity index (χ3n) is 11.5. The van der Waals surface area contributed by atoms with Crippen molar-refractivity contribution in [3.63, 3.8) is 0 Å². The second-order valence-electron chi connectivity index (χ2n) is 14.5. The maximum Gasteiger partial charge on any atom is 0.200 e. The van der Waals surface area contributed by atoms with E-state index in [0.717, 1.165) is 32.3 Å². The third-order valence-corrected chi connectivity index (χ3v) is 11.5. The van der Waals surface area contributed by atoms with Crippen LogP contribution < -0.4 is 0 Å². The van der Waals surface area contributed by atoms with E-state index in [1.54, 1.807) is 0 Å². The van der Waals surface area contributed by atoms with Crippen LogP contribution in [0.5, 0.6) is 0 Å². The molecule has 5 nitrogen and oxygen atoms in total. The van der Waals surface area contributed by atoms with Crippen molar-refractivity contribution in [3.8, 4) is 28.6 Å². The molecule has 4 heterocycles. The summed E-state index contributed by atoms with van der Waals surface area (Å²) in [6, 6.07) is 42.6. The summed E-state index contributed by atoms with van der Waals surface area (Å²) >= 11 is 0. The molecule has 0 aliphatic carbocycles. The Kier molecular flexibility index (Phi) is 6.66. The number of hydrogen-bond donors (Lipinski definition) is 0. The number of nitrogens with zero attached hydrogens (tertiary/aromatic N) is 3. The van der Waals surface area contributed by atoms with Gasteiger partial charge in [-0.15, -0.1) is 0 Å². The van der Waals surface area contributed by atoms with E-state index in [-0.39, 0.29) is 22.5 Å². The molecule has 12 aromatic rings. The first-order chi connectivity index (χ1) is 28.8. The average molecular weight is 780 g/mol. The maximum atomic E-state index is 16.1. The van der Waals surface area contributed by atoms with E-state index in [0.29, 0.717) is 55.2 Å². The SMILES string of the molecule is N#Cc1c(-n2c3ccccc3c3ccc4oc5ccccc5c4c32)cc(-c2c(F)c(F)c(F)c(F)c2F)cc1-n1c2ccccc2c2ccc3oc4ccccc4c3c21. The number of halogens is 5. The Morgan fingerprint density at radius 2 is 0.831 bits per heavy atom. The van der Waals surface area contributed by atoms with Crippen LogP contribution in [-0.2, 0) is 0 Å². The zero-order chi connectivity index (χ0) is 39.8. The molecule has 59 heavy (non-hydrogen) atoms. The van der Waals surface area contributed by atoms with Gasteiger partial charge in [0.15, 0.2) is 23.3 Å². The van der Waals surface area contributed by atoms with E-state index in [4.69, 9.17) is 8.83 Å². The van der Waals surface area contributed by atoms with Crippen LogP contribution in [0.15, 0.2) is 142 Å². The Morgan fingerprint density at radius 3 is 1.29 bits per heavy atom. The van der Waals surface area contributed by atoms with E-state index in [9.17, 15) is 9.65 Å². The van der Waals surface area contributed by atoms with Gasteiger partial charge in [-0.2, -0.15) is 5.26 Å². The number of benzene rings is 8. The number of nitriles is 1. The second-order valence-corrected chi connectivity index (χ2v) is 14.5. The minimum Gasteiger partial charge on any atom is -0.456 e. The van der Waals surface area contributed by atoms with Crippen LogP contribution in [0.1, 0.15) is 5.56 Å². The van der Waals surface area contributed by atoms with Gasteiger partial charge in [0.2, 0.25) is 5.82 Å². The lowest BCUT2D eigenvalue weighted by atomic mass is 9.98. The predicted octanol–water partition coefficient (Wildman–Crippen LogP) is 13.9. The lowest BCUT2D eigenvalue weighted by molar-refractivity contribution is 0.381. The number of furan rings is 2. The fourth-order valence-corrected chi connectivity index (χ4v) is 9.11. The molecule has 4 aromatic heterocycles. The molecule has 0 atom stereocenters. The van der Waals surface area contributed by atoms with Gasteiger partial charge in [-0.05, 0) is 66.2 Å². The summed E-state index contributed by atoms with van der Waals surface area (Å²) in [5.74, 6) is -10.4. The molecule has 0 fully saturated rings. The summed E-state index contributed by atoms with van der Waals surface area (Å²) in [5, 5.41) is 17.6. The minimum absolute atomic E-state index is 0.0672. The first kappa shape index (κ1) is 33.3. The van der Waals surface area contributed by atoms with Crippen molar-refractivity contribution in [2.45, 2.75) is 0 Å². The van der Waals surface area contributed by atoms with Crippen LogP contribution in [0, 0.1) is 40.4 Å². The van der Waals surface area contributed by atoms with Gasteiger partial charge in [-0.25, -0.2) is 22.0 Å². The highest BCUT2D eigenvalue weighted by molar-refractivity contribution is 6.26. The molecule has 12 rings (SSSR count). The van der Waals surface area contributed by atoms with E-state index < -0.39 is 34.6 Å². The normalized spacial score (nSPS) is 12.1. The van der Waals surface area contributed by atoms with Crippen molar-refractivity contribution in [2.75, 3.05) is 0 Å². The fraction of sp³-hybridized carbons (Fsp3) is 0. The number of hydrogen-bond acceptors (Lipinski definition) is 3. The van der Waals surface area contributed by atoms with Crippen molar-refractivity contribution >= 4 is 87.5 Å². The highest BCUT2D eigenvalue weighted by Gasteiger charge is 2.30. The van der Waals surface area contributed by atoms with Crippen molar-refractivity contribution in [1.29, 1.82) is 5.26 Å². The van der Waals surface area contributed by atoms with Gasteiger partial charge in [0.1, 0.15) is 34.0 Å². The molecule has 0 saturated heterocycles. The molecule has 10 heteroatoms. The quantitative estimate of drug-likeness (QED) is 0.102. The van der Waals surface area contributed by atoms with Gasteiger partial charge in [0, 0.05) is 32.3 Å². The topological polar surface area (TPSA) is 59.9 Å². The minimum atomic E-state index is -2.27. The van der Waals surface area contributed by atoms with Gasteiger partial charge in [0.05, 0.1) is 49.8 Å². The molecule has 0 aliphatic heterocycles. The molecule has 0 amide bonds. The van der Waals surface area contributed by atoms with Crippen LogP contribution in [0.2, 0.25) is 0 Å². The molecule has 8 aromatic carbocycles. The first-order valence-electron chi connectivity index (χ1n) is 18.6. The standard InChI is InChI=1S/C49H22F5N3O2/c50-43-40(44(51)46(53)47(54)45(43)52)24-21-34(56-32-13-5-1-9-25(32)27-17-19-38-41(48(27)56)29-11-3-7-15-36(29)58-38)31(23-55)35(22-24)57-33-14-6-2-10-26(33)28-18-20-39-42(49(28)57)30-12-4-8-16-37(30)59-39/h1-22H. The molecule has 0 N–H and O–H groups in total. The third kappa shape index (κ3) is 4.30. The predicted molar refractivity (Wildman–Crippen MR) is 220 cm³/mol. The second kappa shape index (κ2) is 11.8. The Hall–Kier alpha value is -7.90. The Labute approximate surface area is 328 Å². The molecular formula is C49H22F5N3O2. The fourth-order valence-electron chi connectivity index (χ4n) is 9.11. The molecule has 0 bridgehead atoms. The van der Waals surface area contributed by atoms with Crippen molar-refractivity contribution in [1.82, 2.24) is 9.13 Å². The van der Waals surface area contributed by atoms with Crippen LogP contribution >= 0.6 is 0 Å². The highest BCUT2D eigenvalue weighted by atomic mass is 19.2. The lowest BCUT2D eigenvalue weighted by Crippen LogP contribution is -2.08. The Balaban J connectivity index is 1.34. The van der Waals surface area contributed by atoms with Crippen molar-refractivity contribution < 1.29 is 30.8 Å². The summed E-state index contributed by atoms with van der Waals surface area (Å²) in [4.78, 5) is 0. The van der Waals surface area contributed by atoms with Crippen LogP contribution in [0.3, 0.4) is 0 Å². The Bertz CT molecular complexity index is 3640. The molecular weight excluding hydrogens is 758 g/mol. The number of aromatic nitrogens is 2. The summed E-state index contributed by atoms with van der Waals surface area (Å²) in [6.45, 7) is 0. The zero-order valence-corrected chi connectivity index (χ0v) is 30.2. The van der Waals surface area contributed by atoms with Gasteiger partial charge in [0.25, 0.3) is 0 Å². The van der Waals surface area contributed by atoms with Crippen LogP contribution in [-0.4, -0.2) is 9.13 Å². The van der Waals surface area contributed by atoms with E-state index in [2.05, 4.69) is 6.07 Å². The number of para-hydroxylation sites is 4. The molecule has 0 spiro atoms. The summed E-state index contributed by atoms with van der Waals surface area (Å²) in [6.07, 6.45) is 0. The van der Waals surface area contributed by atoms with Crippen LogP contribution in [0.4, 0.5) is 22.0 Å². The molecule has 280 valence electrons. The van der Waals surface area contributed by atoms with Crippen molar-refractivity contribution in [2.24, 2.45) is 0 Å². The summed E-state index contributed by atoms with van der Waals surface area (Å²) in [7, 11) is 0. The van der Waals surface area contributed by atoms with Gasteiger partial charge >= 0.3 is 0 Å². The van der Waals surface area contributed by atoms with E-state index >= 15 is 17.6 Å². The summed E-state index contributed by atoms with van der Waals surface area (Å²) < 4.78 is 93.4. The van der Waals surface area contributed by atoms with Crippen molar-refractivity contribution in [3.05, 3.63) is 168 Å². The molecule has 0 unspecified atom stereocenters. The average Bonchev–Trinajstić information content (AvgIpc) is 4.02. The highest BCUT2D eigenvalue weighted by Crippen LogP contribution is 2.46. The zero-order valence-electron chi connectivity index (χ0n) is 30.2. The lowest BCUT2D eigenvalue weighted by Gasteiger charge is -2.19. The van der Waals surface area contributed by atoms with Gasteiger partial charge < -0.3 is 18.0 Å². The Morgan fingerprint density at radius 1 is 0.424 bits per heavy atom. The number of fused-ring (bicyclic) bond motifs is 14. The van der Waals surface area contributed by atoms with Gasteiger partial charge in [-0.1, -0.05) is 72.8 Å². The van der Waals surface area contributed by atoms with E-state index in [1.807, 2.05) is 130 Å². The molecule has 0 aliphatic rings.